The lowest BCUT2D eigenvalue weighted by Crippen LogP contribution is -2.17. The number of hydrogen-bond donors (Lipinski definition) is 1. The van der Waals surface area contributed by atoms with E-state index in [0.29, 0.717) is 5.56 Å². The standard InChI is InChI=1S/C23H17FIN3O/c24-19-9-7-17(8-10-19)23(29)27-26-13-18-15-28(22-4-2-1-3-21(18)22)14-16-5-11-20(25)12-6-16/h1-13,15H,14H2,(H,27,29)/b26-13-. The van der Waals surface area contributed by atoms with E-state index in [-0.39, 0.29) is 11.7 Å². The highest BCUT2D eigenvalue weighted by Gasteiger charge is 2.08. The van der Waals surface area contributed by atoms with Crippen molar-refractivity contribution in [3.63, 3.8) is 0 Å². The maximum Gasteiger partial charge on any atom is 0.271 e. The number of hydrazone groups is 1. The third-order valence-electron chi connectivity index (χ3n) is 4.56. The summed E-state index contributed by atoms with van der Waals surface area (Å²) >= 11 is 2.29. The Morgan fingerprint density at radius 1 is 1.03 bits per heavy atom. The zero-order valence-corrected chi connectivity index (χ0v) is 17.5. The van der Waals surface area contributed by atoms with Crippen molar-refractivity contribution < 1.29 is 9.18 Å². The van der Waals surface area contributed by atoms with Gasteiger partial charge in [-0.25, -0.2) is 9.82 Å². The second-order valence-corrected chi connectivity index (χ2v) is 7.81. The Labute approximate surface area is 181 Å². The highest BCUT2D eigenvalue weighted by molar-refractivity contribution is 14.1. The molecule has 0 fully saturated rings. The van der Waals surface area contributed by atoms with E-state index < -0.39 is 0 Å². The molecule has 6 heteroatoms. The first kappa shape index (κ1) is 19.3. The van der Waals surface area contributed by atoms with E-state index in [9.17, 15) is 9.18 Å². The summed E-state index contributed by atoms with van der Waals surface area (Å²) in [6.45, 7) is 0.743. The zero-order valence-electron chi connectivity index (χ0n) is 15.3. The Bertz CT molecular complexity index is 1180. The van der Waals surface area contributed by atoms with Crippen LogP contribution in [0.25, 0.3) is 10.9 Å². The van der Waals surface area contributed by atoms with Gasteiger partial charge in [0.1, 0.15) is 5.82 Å². The van der Waals surface area contributed by atoms with Crippen LogP contribution >= 0.6 is 22.6 Å². The lowest BCUT2D eigenvalue weighted by atomic mass is 10.2. The molecule has 0 unspecified atom stereocenters. The SMILES string of the molecule is O=C(N/N=C\c1cn(Cc2ccc(I)cc2)c2ccccc12)c1ccc(F)cc1. The van der Waals surface area contributed by atoms with Crippen LogP contribution in [0.3, 0.4) is 0 Å². The molecule has 0 atom stereocenters. The number of carbonyl (C=O) groups excluding carboxylic acids is 1. The van der Waals surface area contributed by atoms with Gasteiger partial charge in [-0.3, -0.25) is 4.79 Å². The number of amides is 1. The summed E-state index contributed by atoms with van der Waals surface area (Å²) in [5.41, 5.74) is 6.06. The predicted octanol–water partition coefficient (Wildman–Crippen LogP) is 5.20. The molecule has 3 aromatic carbocycles. The van der Waals surface area contributed by atoms with Crippen LogP contribution in [0, 0.1) is 9.39 Å². The molecular formula is C23H17FIN3O. The third-order valence-corrected chi connectivity index (χ3v) is 5.28. The summed E-state index contributed by atoms with van der Waals surface area (Å²) in [5.74, 6) is -0.769. The smallest absolute Gasteiger partial charge is 0.271 e. The van der Waals surface area contributed by atoms with Crippen LogP contribution in [0.2, 0.25) is 0 Å². The van der Waals surface area contributed by atoms with Gasteiger partial charge in [-0.2, -0.15) is 5.10 Å². The van der Waals surface area contributed by atoms with Crippen LogP contribution in [0.1, 0.15) is 21.5 Å². The molecule has 144 valence electrons. The van der Waals surface area contributed by atoms with Gasteiger partial charge in [-0.15, -0.1) is 0 Å². The molecule has 29 heavy (non-hydrogen) atoms. The fourth-order valence-corrected chi connectivity index (χ4v) is 3.48. The summed E-state index contributed by atoms with van der Waals surface area (Å²) < 4.78 is 16.4. The first-order chi connectivity index (χ1) is 14.1. The molecule has 1 aromatic heterocycles. The molecule has 0 aliphatic carbocycles. The molecule has 1 amide bonds. The maximum absolute atomic E-state index is 13.0. The topological polar surface area (TPSA) is 46.4 Å². The van der Waals surface area contributed by atoms with E-state index in [1.807, 2.05) is 24.4 Å². The van der Waals surface area contributed by atoms with Crippen LogP contribution in [0.5, 0.6) is 0 Å². The molecule has 4 rings (SSSR count). The van der Waals surface area contributed by atoms with Crippen molar-refractivity contribution >= 4 is 45.6 Å². The van der Waals surface area contributed by atoms with E-state index in [1.54, 1.807) is 6.21 Å². The fourth-order valence-electron chi connectivity index (χ4n) is 3.12. The van der Waals surface area contributed by atoms with Crippen molar-refractivity contribution in [2.24, 2.45) is 5.10 Å². The second kappa shape index (κ2) is 8.57. The summed E-state index contributed by atoms with van der Waals surface area (Å²) in [6, 6.07) is 21.8. The van der Waals surface area contributed by atoms with E-state index in [1.165, 1.54) is 33.4 Å². The van der Waals surface area contributed by atoms with Gasteiger partial charge in [0.05, 0.1) is 6.21 Å². The Hall–Kier alpha value is -3.00. The van der Waals surface area contributed by atoms with Gasteiger partial charge in [0, 0.05) is 38.3 Å². The number of para-hydroxylation sites is 1. The Morgan fingerprint density at radius 2 is 1.76 bits per heavy atom. The summed E-state index contributed by atoms with van der Waals surface area (Å²) in [5, 5.41) is 5.14. The molecule has 0 aliphatic rings. The van der Waals surface area contributed by atoms with E-state index in [2.05, 4.69) is 68.0 Å². The molecule has 0 radical (unpaired) electrons. The van der Waals surface area contributed by atoms with Crippen molar-refractivity contribution in [2.75, 3.05) is 0 Å². The minimum atomic E-state index is -0.385. The number of rotatable bonds is 5. The van der Waals surface area contributed by atoms with Crippen molar-refractivity contribution in [3.8, 4) is 0 Å². The Kier molecular flexibility index (Phi) is 5.71. The maximum atomic E-state index is 13.0. The lowest BCUT2D eigenvalue weighted by Gasteiger charge is -2.05. The first-order valence-electron chi connectivity index (χ1n) is 9.01. The van der Waals surface area contributed by atoms with Crippen LogP contribution in [-0.4, -0.2) is 16.7 Å². The molecule has 4 nitrogen and oxygen atoms in total. The van der Waals surface area contributed by atoms with E-state index in [4.69, 9.17) is 0 Å². The quantitative estimate of drug-likeness (QED) is 0.230. The molecule has 1 heterocycles. The van der Waals surface area contributed by atoms with Crippen LogP contribution in [0.15, 0.2) is 84.1 Å². The highest BCUT2D eigenvalue weighted by atomic mass is 127. The van der Waals surface area contributed by atoms with Gasteiger partial charge < -0.3 is 4.57 Å². The molecule has 4 aromatic rings. The molecule has 1 N–H and O–H groups in total. The van der Waals surface area contributed by atoms with Crippen molar-refractivity contribution in [3.05, 3.63) is 105 Å². The largest absolute Gasteiger partial charge is 0.342 e. The number of aromatic nitrogens is 1. The number of benzene rings is 3. The fraction of sp³-hybridized carbons (Fsp3) is 0.0435. The van der Waals surface area contributed by atoms with Gasteiger partial charge in [0.25, 0.3) is 5.91 Å². The minimum Gasteiger partial charge on any atom is -0.342 e. The number of hydrogen-bond acceptors (Lipinski definition) is 2. The zero-order chi connectivity index (χ0) is 20.2. The average Bonchev–Trinajstić information content (AvgIpc) is 3.08. The molecule has 0 saturated carbocycles. The molecule has 0 aliphatic heterocycles. The normalized spacial score (nSPS) is 11.2. The van der Waals surface area contributed by atoms with Crippen molar-refractivity contribution in [2.45, 2.75) is 6.54 Å². The number of nitrogens with one attached hydrogen (secondary N) is 1. The monoisotopic (exact) mass is 497 g/mol. The lowest BCUT2D eigenvalue weighted by molar-refractivity contribution is 0.0955. The van der Waals surface area contributed by atoms with E-state index >= 15 is 0 Å². The number of carbonyl (C=O) groups is 1. The van der Waals surface area contributed by atoms with Gasteiger partial charge in [0.2, 0.25) is 0 Å². The van der Waals surface area contributed by atoms with Gasteiger partial charge in [-0.05, 0) is 70.6 Å². The molecule has 0 spiro atoms. The van der Waals surface area contributed by atoms with Gasteiger partial charge >= 0.3 is 0 Å². The van der Waals surface area contributed by atoms with Crippen molar-refractivity contribution in [1.82, 2.24) is 9.99 Å². The van der Waals surface area contributed by atoms with Crippen LogP contribution in [0.4, 0.5) is 4.39 Å². The number of halogens is 2. The number of fused-ring (bicyclic) bond motifs is 1. The van der Waals surface area contributed by atoms with E-state index in [0.717, 1.165) is 23.0 Å². The van der Waals surface area contributed by atoms with Crippen molar-refractivity contribution in [1.29, 1.82) is 0 Å². The second-order valence-electron chi connectivity index (χ2n) is 6.56. The summed E-state index contributed by atoms with van der Waals surface area (Å²) in [7, 11) is 0. The predicted molar refractivity (Wildman–Crippen MR) is 122 cm³/mol. The Morgan fingerprint density at radius 3 is 2.52 bits per heavy atom. The van der Waals surface area contributed by atoms with Crippen LogP contribution in [-0.2, 0) is 6.54 Å². The third kappa shape index (κ3) is 4.54. The van der Waals surface area contributed by atoms with Crippen LogP contribution < -0.4 is 5.43 Å². The molecule has 0 saturated heterocycles. The summed E-state index contributed by atoms with van der Waals surface area (Å²) in [4.78, 5) is 12.1. The average molecular weight is 497 g/mol. The Balaban J connectivity index is 1.55. The summed E-state index contributed by atoms with van der Waals surface area (Å²) in [6.07, 6.45) is 3.66. The number of nitrogens with zero attached hydrogens (tertiary/aromatic N) is 2. The molecule has 0 bridgehead atoms. The highest BCUT2D eigenvalue weighted by Crippen LogP contribution is 2.21. The first-order valence-corrected chi connectivity index (χ1v) is 10.1. The minimum absolute atomic E-state index is 0.352. The van der Waals surface area contributed by atoms with Gasteiger partial charge in [0.15, 0.2) is 0 Å². The molecular weight excluding hydrogens is 480 g/mol. The van der Waals surface area contributed by atoms with Gasteiger partial charge in [-0.1, -0.05) is 30.3 Å².